The molecule has 0 unspecified atom stereocenters. The maximum atomic E-state index is 12.3. The first-order valence-corrected chi connectivity index (χ1v) is 7.15. The first kappa shape index (κ1) is 16.0. The molecule has 0 aliphatic carbocycles. The number of anilines is 1. The second-order valence-electron chi connectivity index (χ2n) is 4.70. The van der Waals surface area contributed by atoms with Gasteiger partial charge in [0.2, 0.25) is 5.91 Å². The van der Waals surface area contributed by atoms with Crippen LogP contribution in [-0.2, 0) is 4.79 Å². The van der Waals surface area contributed by atoms with Crippen molar-refractivity contribution in [3.8, 4) is 0 Å². The molecule has 0 aliphatic rings. The van der Waals surface area contributed by atoms with Gasteiger partial charge in [0.15, 0.2) is 5.82 Å². The van der Waals surface area contributed by atoms with E-state index in [2.05, 4.69) is 10.5 Å². The summed E-state index contributed by atoms with van der Waals surface area (Å²) >= 11 is 5.80. The third kappa shape index (κ3) is 4.08. The fraction of sp³-hybridized carbons (Fsp3) is 0.267. The molecule has 116 valence electrons. The zero-order valence-corrected chi connectivity index (χ0v) is 13.1. The standard InChI is InChI=1S/C15H16ClN3O3/c1-3-19(15(21)11-4-6-12(16)7-5-11)9-14(20)17-13-8-10(2)22-18-13/h4-8H,3,9H2,1-2H3,(H,17,18,20). The SMILES string of the molecule is CCN(CC(=O)Nc1cc(C)on1)C(=O)c1ccc(Cl)cc1. The number of benzene rings is 1. The van der Waals surface area contributed by atoms with E-state index in [1.165, 1.54) is 4.90 Å². The molecule has 2 rings (SSSR count). The number of likely N-dealkylation sites (N-methyl/N-ethyl adjacent to an activating group) is 1. The summed E-state index contributed by atoms with van der Waals surface area (Å²) in [7, 11) is 0. The van der Waals surface area contributed by atoms with Gasteiger partial charge in [0.05, 0.1) is 0 Å². The van der Waals surface area contributed by atoms with Gasteiger partial charge >= 0.3 is 0 Å². The van der Waals surface area contributed by atoms with Crippen LogP contribution in [0.3, 0.4) is 0 Å². The van der Waals surface area contributed by atoms with Gasteiger partial charge in [-0.2, -0.15) is 0 Å². The number of hydrogen-bond donors (Lipinski definition) is 1. The first-order valence-electron chi connectivity index (χ1n) is 6.77. The molecule has 1 aromatic heterocycles. The molecule has 1 aromatic carbocycles. The number of hydrogen-bond acceptors (Lipinski definition) is 4. The predicted molar refractivity (Wildman–Crippen MR) is 82.9 cm³/mol. The topological polar surface area (TPSA) is 75.4 Å². The van der Waals surface area contributed by atoms with E-state index in [1.54, 1.807) is 44.2 Å². The average Bonchev–Trinajstić information content (AvgIpc) is 2.90. The summed E-state index contributed by atoms with van der Waals surface area (Å²) in [5.41, 5.74) is 0.483. The van der Waals surface area contributed by atoms with Crippen molar-refractivity contribution in [2.24, 2.45) is 0 Å². The van der Waals surface area contributed by atoms with Crippen LogP contribution in [0.4, 0.5) is 5.82 Å². The molecule has 6 nitrogen and oxygen atoms in total. The van der Waals surface area contributed by atoms with Gasteiger partial charge in [0, 0.05) is 23.2 Å². The summed E-state index contributed by atoms with van der Waals surface area (Å²) in [6, 6.07) is 8.15. The number of carbonyl (C=O) groups is 2. The van der Waals surface area contributed by atoms with E-state index in [9.17, 15) is 9.59 Å². The lowest BCUT2D eigenvalue weighted by Crippen LogP contribution is -2.37. The zero-order chi connectivity index (χ0) is 16.1. The van der Waals surface area contributed by atoms with Gasteiger partial charge in [-0.25, -0.2) is 0 Å². The molecule has 7 heteroatoms. The van der Waals surface area contributed by atoms with Gasteiger partial charge in [0.1, 0.15) is 12.3 Å². The van der Waals surface area contributed by atoms with Gasteiger partial charge < -0.3 is 14.7 Å². The zero-order valence-electron chi connectivity index (χ0n) is 12.3. The molecule has 0 bridgehead atoms. The van der Waals surface area contributed by atoms with Gasteiger partial charge in [-0.1, -0.05) is 16.8 Å². The number of amides is 2. The molecule has 0 radical (unpaired) electrons. The minimum Gasteiger partial charge on any atom is -0.360 e. The monoisotopic (exact) mass is 321 g/mol. The van der Waals surface area contributed by atoms with Crippen molar-refractivity contribution in [1.82, 2.24) is 10.1 Å². The number of nitrogens with zero attached hydrogens (tertiary/aromatic N) is 2. The first-order chi connectivity index (χ1) is 10.5. The molecule has 1 heterocycles. The number of aromatic nitrogens is 1. The summed E-state index contributed by atoms with van der Waals surface area (Å²) in [5, 5.41) is 6.82. The minimum absolute atomic E-state index is 0.0656. The van der Waals surface area contributed by atoms with Crippen LogP contribution < -0.4 is 5.32 Å². The van der Waals surface area contributed by atoms with E-state index in [-0.39, 0.29) is 18.4 Å². The molecule has 0 spiro atoms. The second-order valence-corrected chi connectivity index (χ2v) is 5.13. The highest BCUT2D eigenvalue weighted by Gasteiger charge is 2.18. The fourth-order valence-electron chi connectivity index (χ4n) is 1.88. The Hall–Kier alpha value is -2.34. The van der Waals surface area contributed by atoms with Crippen LogP contribution in [0, 0.1) is 6.92 Å². The normalized spacial score (nSPS) is 10.3. The molecule has 2 aromatic rings. The van der Waals surface area contributed by atoms with Gasteiger partial charge in [0.25, 0.3) is 5.91 Å². The lowest BCUT2D eigenvalue weighted by molar-refractivity contribution is -0.116. The largest absolute Gasteiger partial charge is 0.360 e. The Kier molecular flexibility index (Phi) is 5.16. The van der Waals surface area contributed by atoms with Crippen LogP contribution in [0.2, 0.25) is 5.02 Å². The lowest BCUT2D eigenvalue weighted by atomic mass is 10.2. The van der Waals surface area contributed by atoms with Crippen LogP contribution in [0.25, 0.3) is 0 Å². The highest BCUT2D eigenvalue weighted by Crippen LogP contribution is 2.12. The van der Waals surface area contributed by atoms with E-state index >= 15 is 0 Å². The highest BCUT2D eigenvalue weighted by molar-refractivity contribution is 6.30. The summed E-state index contributed by atoms with van der Waals surface area (Å²) < 4.78 is 4.87. The Balaban J connectivity index is 2.00. The van der Waals surface area contributed by atoms with E-state index in [0.717, 1.165) is 0 Å². The number of aryl methyl sites for hydroxylation is 1. The van der Waals surface area contributed by atoms with Crippen molar-refractivity contribution in [3.63, 3.8) is 0 Å². The molecule has 1 N–H and O–H groups in total. The van der Waals surface area contributed by atoms with Crippen molar-refractivity contribution in [1.29, 1.82) is 0 Å². The van der Waals surface area contributed by atoms with Crippen molar-refractivity contribution in [2.75, 3.05) is 18.4 Å². The molecule has 0 saturated carbocycles. The van der Waals surface area contributed by atoms with Crippen molar-refractivity contribution < 1.29 is 14.1 Å². The van der Waals surface area contributed by atoms with Gasteiger partial charge in [-0.15, -0.1) is 0 Å². The molecule has 0 atom stereocenters. The molecular formula is C15H16ClN3O3. The summed E-state index contributed by atoms with van der Waals surface area (Å²) in [6.07, 6.45) is 0. The van der Waals surface area contributed by atoms with Crippen LogP contribution >= 0.6 is 11.6 Å². The van der Waals surface area contributed by atoms with E-state index in [1.807, 2.05) is 0 Å². The number of carbonyl (C=O) groups excluding carboxylic acids is 2. The number of rotatable bonds is 5. The van der Waals surface area contributed by atoms with Crippen LogP contribution in [-0.4, -0.2) is 35.0 Å². The smallest absolute Gasteiger partial charge is 0.254 e. The third-order valence-corrected chi connectivity index (χ3v) is 3.24. The summed E-state index contributed by atoms with van der Waals surface area (Å²) in [6.45, 7) is 3.88. The highest BCUT2D eigenvalue weighted by atomic mass is 35.5. The Labute approximate surface area is 133 Å². The molecule has 0 saturated heterocycles. The lowest BCUT2D eigenvalue weighted by Gasteiger charge is -2.20. The summed E-state index contributed by atoms with van der Waals surface area (Å²) in [5.74, 6) is 0.362. The fourth-order valence-corrected chi connectivity index (χ4v) is 2.01. The van der Waals surface area contributed by atoms with Crippen LogP contribution in [0.5, 0.6) is 0 Å². The molecule has 0 fully saturated rings. The van der Waals surface area contributed by atoms with E-state index in [4.69, 9.17) is 16.1 Å². The predicted octanol–water partition coefficient (Wildman–Crippen LogP) is 2.74. The van der Waals surface area contributed by atoms with Crippen LogP contribution in [0.1, 0.15) is 23.0 Å². The molecular weight excluding hydrogens is 306 g/mol. The molecule has 0 aliphatic heterocycles. The van der Waals surface area contributed by atoms with Crippen molar-refractivity contribution in [2.45, 2.75) is 13.8 Å². The maximum absolute atomic E-state index is 12.3. The van der Waals surface area contributed by atoms with E-state index < -0.39 is 0 Å². The number of nitrogens with one attached hydrogen (secondary N) is 1. The Bertz CT molecular complexity index is 667. The Morgan fingerprint density at radius 1 is 1.32 bits per heavy atom. The molecule has 22 heavy (non-hydrogen) atoms. The quantitative estimate of drug-likeness (QED) is 0.918. The Morgan fingerprint density at radius 2 is 2.00 bits per heavy atom. The molecule has 2 amide bonds. The maximum Gasteiger partial charge on any atom is 0.254 e. The Morgan fingerprint density at radius 3 is 2.55 bits per heavy atom. The van der Waals surface area contributed by atoms with Gasteiger partial charge in [-0.05, 0) is 38.1 Å². The van der Waals surface area contributed by atoms with Crippen molar-refractivity contribution >= 4 is 29.2 Å². The van der Waals surface area contributed by atoms with Crippen LogP contribution in [0.15, 0.2) is 34.9 Å². The van der Waals surface area contributed by atoms with E-state index in [0.29, 0.717) is 28.7 Å². The van der Waals surface area contributed by atoms with Crippen molar-refractivity contribution in [3.05, 3.63) is 46.7 Å². The summed E-state index contributed by atoms with van der Waals surface area (Å²) in [4.78, 5) is 25.8. The third-order valence-electron chi connectivity index (χ3n) is 2.99. The van der Waals surface area contributed by atoms with Gasteiger partial charge in [-0.3, -0.25) is 9.59 Å². The number of halogens is 1. The second kappa shape index (κ2) is 7.09. The minimum atomic E-state index is -0.336. The average molecular weight is 322 g/mol.